The van der Waals surface area contributed by atoms with Crippen molar-refractivity contribution in [2.24, 2.45) is 10.2 Å². The molecule has 16 heteroatoms. The van der Waals surface area contributed by atoms with E-state index in [-0.39, 0.29) is 86.9 Å². The first-order valence-corrected chi connectivity index (χ1v) is 13.1. The molecular formula is C23H16N4Na2O8S2. The van der Waals surface area contributed by atoms with E-state index in [2.05, 4.69) is 15.5 Å². The van der Waals surface area contributed by atoms with E-state index in [0.717, 1.165) is 24.3 Å². The van der Waals surface area contributed by atoms with Crippen molar-refractivity contribution < 1.29 is 95.0 Å². The van der Waals surface area contributed by atoms with Crippen molar-refractivity contribution >= 4 is 59.7 Å². The summed E-state index contributed by atoms with van der Waals surface area (Å²) in [6.07, 6.45) is 0. The topological polar surface area (TPSA) is 214 Å². The molecule has 4 rings (SSSR count). The summed E-state index contributed by atoms with van der Waals surface area (Å²) in [6.45, 7) is 0. The SMILES string of the molecule is Nc1cc2ccc(S(=O)(=O)[O-])cc2c(O)c1N=Nc1cc(NC(=O)c2ccccc2)ccc1S(=O)(=O)[O-].[Na+].[Na+]. The van der Waals surface area contributed by atoms with Gasteiger partial charge in [0, 0.05) is 16.6 Å². The Labute approximate surface area is 267 Å². The number of anilines is 2. The molecule has 1 amide bonds. The third-order valence-corrected chi connectivity index (χ3v) is 6.87. The fourth-order valence-corrected chi connectivity index (χ4v) is 4.50. The number of fused-ring (bicyclic) bond motifs is 1. The van der Waals surface area contributed by atoms with Crippen LogP contribution in [0.15, 0.2) is 92.8 Å². The van der Waals surface area contributed by atoms with E-state index in [1.54, 1.807) is 30.3 Å². The van der Waals surface area contributed by atoms with Gasteiger partial charge in [0.2, 0.25) is 0 Å². The smallest absolute Gasteiger partial charge is 0.744 e. The Morgan fingerprint density at radius 3 is 2.13 bits per heavy atom. The van der Waals surface area contributed by atoms with Crippen molar-refractivity contribution in [2.75, 3.05) is 11.1 Å². The Morgan fingerprint density at radius 2 is 1.51 bits per heavy atom. The number of phenols is 1. The average molecular weight is 587 g/mol. The molecule has 0 aliphatic heterocycles. The van der Waals surface area contributed by atoms with Crippen molar-refractivity contribution in [3.63, 3.8) is 0 Å². The van der Waals surface area contributed by atoms with Gasteiger partial charge in [-0.1, -0.05) is 24.3 Å². The first-order valence-electron chi connectivity index (χ1n) is 10.2. The van der Waals surface area contributed by atoms with Crippen LogP contribution < -0.4 is 70.2 Å². The number of nitrogens with two attached hydrogens (primary N) is 1. The number of nitrogen functional groups attached to an aromatic ring is 1. The fraction of sp³-hybridized carbons (Fsp3) is 0. The van der Waals surface area contributed by atoms with Gasteiger partial charge in [0.05, 0.1) is 15.5 Å². The van der Waals surface area contributed by atoms with E-state index < -0.39 is 47.4 Å². The van der Waals surface area contributed by atoms with Crippen LogP contribution in [0.25, 0.3) is 10.8 Å². The van der Waals surface area contributed by atoms with Crippen LogP contribution >= 0.6 is 0 Å². The summed E-state index contributed by atoms with van der Waals surface area (Å²) in [5.41, 5.74) is 5.39. The van der Waals surface area contributed by atoms with Crippen molar-refractivity contribution in [1.82, 2.24) is 0 Å². The van der Waals surface area contributed by atoms with Crippen LogP contribution in [0.4, 0.5) is 22.7 Å². The molecule has 39 heavy (non-hydrogen) atoms. The molecule has 0 bridgehead atoms. The number of carbonyl (C=O) groups is 1. The molecule has 0 aliphatic carbocycles. The number of hydrogen-bond donors (Lipinski definition) is 3. The quantitative estimate of drug-likeness (QED) is 0.0950. The first kappa shape index (κ1) is 32.8. The average Bonchev–Trinajstić information content (AvgIpc) is 2.83. The number of carbonyl (C=O) groups excluding carboxylic acids is 1. The Balaban J connectivity index is 0.00000267. The molecule has 0 aromatic heterocycles. The molecule has 4 N–H and O–H groups in total. The number of amides is 1. The van der Waals surface area contributed by atoms with Crippen molar-refractivity contribution in [2.45, 2.75) is 9.79 Å². The zero-order chi connectivity index (χ0) is 27.0. The second kappa shape index (κ2) is 12.9. The second-order valence-corrected chi connectivity index (χ2v) is 10.4. The Hall–Kier alpha value is -2.37. The number of nitrogens with zero attached hydrogens (tertiary/aromatic N) is 2. The van der Waals surface area contributed by atoms with E-state index >= 15 is 0 Å². The van der Waals surface area contributed by atoms with Gasteiger partial charge in [-0.05, 0) is 53.9 Å². The summed E-state index contributed by atoms with van der Waals surface area (Å²) in [5, 5.41) is 20.9. The molecule has 190 valence electrons. The van der Waals surface area contributed by atoms with Crippen molar-refractivity contribution in [1.29, 1.82) is 0 Å². The minimum Gasteiger partial charge on any atom is -0.744 e. The molecule has 4 aromatic carbocycles. The zero-order valence-corrected chi connectivity index (χ0v) is 26.2. The number of phenolic OH excluding ortho intramolecular Hbond substituents is 1. The normalized spacial score (nSPS) is 11.5. The predicted molar refractivity (Wildman–Crippen MR) is 131 cm³/mol. The van der Waals surface area contributed by atoms with E-state index in [1.165, 1.54) is 18.2 Å². The number of azo groups is 1. The zero-order valence-electron chi connectivity index (χ0n) is 20.5. The summed E-state index contributed by atoms with van der Waals surface area (Å²) in [6, 6.07) is 15.9. The maximum absolute atomic E-state index is 12.4. The maximum atomic E-state index is 12.4. The van der Waals surface area contributed by atoms with Crippen molar-refractivity contribution in [3.8, 4) is 5.75 Å². The van der Waals surface area contributed by atoms with Crippen LogP contribution in [0.1, 0.15) is 10.4 Å². The molecule has 0 saturated carbocycles. The Bertz CT molecular complexity index is 1800. The molecule has 12 nitrogen and oxygen atoms in total. The van der Waals surface area contributed by atoms with Gasteiger partial charge in [-0.2, -0.15) is 0 Å². The fourth-order valence-electron chi connectivity index (χ4n) is 3.41. The Kier molecular flexibility index (Phi) is 10.8. The summed E-state index contributed by atoms with van der Waals surface area (Å²) < 4.78 is 69.3. The van der Waals surface area contributed by atoms with Crippen LogP contribution in [0.5, 0.6) is 5.75 Å². The van der Waals surface area contributed by atoms with Gasteiger partial charge < -0.3 is 25.3 Å². The molecule has 0 aliphatic rings. The summed E-state index contributed by atoms with van der Waals surface area (Å²) >= 11 is 0. The van der Waals surface area contributed by atoms with Crippen molar-refractivity contribution in [3.05, 3.63) is 78.4 Å². The van der Waals surface area contributed by atoms with Gasteiger partial charge in [-0.3, -0.25) is 4.79 Å². The number of aromatic hydroxyl groups is 1. The van der Waals surface area contributed by atoms with Gasteiger partial charge in [-0.25, -0.2) is 16.8 Å². The van der Waals surface area contributed by atoms with Crippen LogP contribution in [-0.4, -0.2) is 37.0 Å². The van der Waals surface area contributed by atoms with Crippen LogP contribution in [0.3, 0.4) is 0 Å². The number of hydrogen-bond acceptors (Lipinski definition) is 11. The van der Waals surface area contributed by atoms with Crippen LogP contribution in [0, 0.1) is 0 Å². The summed E-state index contributed by atoms with van der Waals surface area (Å²) in [7, 11) is -9.85. The molecule has 4 aromatic rings. The van der Waals surface area contributed by atoms with Crippen LogP contribution in [0.2, 0.25) is 0 Å². The summed E-state index contributed by atoms with van der Waals surface area (Å²) in [5.74, 6) is -1.15. The maximum Gasteiger partial charge on any atom is 1.00 e. The number of nitrogens with one attached hydrogen (secondary N) is 1. The van der Waals surface area contributed by atoms with Crippen LogP contribution in [-0.2, 0) is 20.2 Å². The van der Waals surface area contributed by atoms with Gasteiger partial charge >= 0.3 is 59.1 Å². The molecule has 0 heterocycles. The first-order chi connectivity index (χ1) is 17.3. The second-order valence-electron chi connectivity index (χ2n) is 7.66. The Morgan fingerprint density at radius 1 is 0.846 bits per heavy atom. The molecule has 0 saturated heterocycles. The van der Waals surface area contributed by atoms with E-state index in [0.29, 0.717) is 5.56 Å². The standard InChI is InChI=1S/C23H18N4O8S2.2Na/c24-18-10-14-6-8-16(36(30,31)32)12-17(14)22(28)21(18)27-26-19-11-15(7-9-20(19)37(33,34)35)25-23(29)13-4-2-1-3-5-13;;/h1-12,28H,24H2,(H,25,29)(H,30,31,32)(H,33,34,35);;/q;2*+1/p-2. The number of benzene rings is 4. The molecule has 0 unspecified atom stereocenters. The van der Waals surface area contributed by atoms with Gasteiger partial charge in [-0.15, -0.1) is 10.2 Å². The predicted octanol–water partition coefficient (Wildman–Crippen LogP) is -2.39. The minimum absolute atomic E-state index is 0. The molecule has 0 fully saturated rings. The molecule has 0 atom stereocenters. The molecular weight excluding hydrogens is 570 g/mol. The van der Waals surface area contributed by atoms with E-state index in [4.69, 9.17) is 5.73 Å². The number of rotatable bonds is 6. The minimum atomic E-state index is -5.02. The summed E-state index contributed by atoms with van der Waals surface area (Å²) in [4.78, 5) is 11.1. The third-order valence-electron chi connectivity index (χ3n) is 5.16. The van der Waals surface area contributed by atoms with E-state index in [9.17, 15) is 35.8 Å². The monoisotopic (exact) mass is 586 g/mol. The molecule has 0 radical (unpaired) electrons. The third kappa shape index (κ3) is 7.64. The van der Waals surface area contributed by atoms with E-state index in [1.807, 2.05) is 0 Å². The molecule has 0 spiro atoms. The van der Waals surface area contributed by atoms with Gasteiger partial charge in [0.1, 0.15) is 25.9 Å². The van der Waals surface area contributed by atoms with Gasteiger partial charge in [0.25, 0.3) is 5.91 Å². The largest absolute Gasteiger partial charge is 1.00 e. The van der Waals surface area contributed by atoms with Gasteiger partial charge in [0.15, 0.2) is 11.4 Å².